The lowest BCUT2D eigenvalue weighted by molar-refractivity contribution is -0.299. The summed E-state index contributed by atoms with van der Waals surface area (Å²) in [6.07, 6.45) is 1.58. The van der Waals surface area contributed by atoms with Crippen LogP contribution < -0.4 is 5.11 Å². The van der Waals surface area contributed by atoms with Crippen LogP contribution in [0.3, 0.4) is 0 Å². The third kappa shape index (κ3) is 2.67. The molecule has 1 aromatic heterocycles. The number of hydrogen-bond acceptors (Lipinski definition) is 3. The third-order valence-corrected chi connectivity index (χ3v) is 3.58. The Morgan fingerprint density at radius 2 is 2.06 bits per heavy atom. The first-order valence-corrected chi connectivity index (χ1v) is 6.44. The van der Waals surface area contributed by atoms with Crippen molar-refractivity contribution >= 4 is 27.6 Å². The van der Waals surface area contributed by atoms with Crippen molar-refractivity contribution in [3.63, 3.8) is 0 Å². The zero-order chi connectivity index (χ0) is 12.6. The Morgan fingerprint density at radius 1 is 1.35 bits per heavy atom. The predicted molar refractivity (Wildman–Crippen MR) is 72.0 cm³/mol. The number of benzene rings is 1. The normalized spacial score (nSPS) is 13.3. The minimum Gasteiger partial charge on any atom is -0.876 e. The molecule has 0 fully saturated rings. The van der Waals surface area contributed by atoms with Crippen molar-refractivity contribution in [1.29, 1.82) is 0 Å². The molecule has 1 aromatic carbocycles. The van der Waals surface area contributed by atoms with Gasteiger partial charge in [0.2, 0.25) is 0 Å². The Kier molecular flexibility index (Phi) is 2.96. The quantitative estimate of drug-likeness (QED) is 0.724. The molecule has 90 valence electrons. The fraction of sp³-hybridized carbons (Fsp3) is 0.357. The molecule has 0 bridgehead atoms. The summed E-state index contributed by atoms with van der Waals surface area (Å²) in [5.41, 5.74) is 2.38. The maximum Gasteiger partial charge on any atom is 0.116 e. The predicted octanol–water partition coefficient (Wildman–Crippen LogP) is 3.31. The van der Waals surface area contributed by atoms with E-state index >= 15 is 0 Å². The Bertz CT molecular complexity index is 571. The molecule has 3 heteroatoms. The van der Waals surface area contributed by atoms with E-state index in [0.29, 0.717) is 0 Å². The molecule has 0 aliphatic heterocycles. The fourth-order valence-electron chi connectivity index (χ4n) is 1.65. The first-order chi connectivity index (χ1) is 7.86. The Morgan fingerprint density at radius 3 is 2.65 bits per heavy atom. The number of thiazole rings is 1. The lowest BCUT2D eigenvalue weighted by atomic mass is 9.87. The van der Waals surface area contributed by atoms with Gasteiger partial charge in [0.1, 0.15) is 5.01 Å². The highest BCUT2D eigenvalue weighted by Gasteiger charge is 2.14. The highest BCUT2D eigenvalue weighted by molar-refractivity contribution is 7.19. The molecule has 2 nitrogen and oxygen atoms in total. The molecule has 1 heterocycles. The van der Waals surface area contributed by atoms with Crippen molar-refractivity contribution in [3.8, 4) is 0 Å². The highest BCUT2D eigenvalue weighted by atomic mass is 32.1. The summed E-state index contributed by atoms with van der Waals surface area (Å²) in [4.78, 5) is 4.47. The summed E-state index contributed by atoms with van der Waals surface area (Å²) in [7, 11) is 0. The van der Waals surface area contributed by atoms with Gasteiger partial charge in [-0.15, -0.1) is 17.1 Å². The first kappa shape index (κ1) is 12.1. The van der Waals surface area contributed by atoms with Gasteiger partial charge in [0, 0.05) is 0 Å². The molecule has 0 unspecified atom stereocenters. The molecule has 2 aromatic rings. The van der Waals surface area contributed by atoms with Crippen LogP contribution in [0.15, 0.2) is 24.0 Å². The average Bonchev–Trinajstić information content (AvgIpc) is 2.55. The van der Waals surface area contributed by atoms with E-state index in [1.165, 1.54) is 5.56 Å². The van der Waals surface area contributed by atoms with Gasteiger partial charge < -0.3 is 5.11 Å². The SMILES string of the molecule is C/C([O-])=C/c1nc2cc(C(C)(C)C)ccc2s1. The van der Waals surface area contributed by atoms with Gasteiger partial charge in [-0.25, -0.2) is 4.98 Å². The summed E-state index contributed by atoms with van der Waals surface area (Å²) in [6.45, 7) is 8.10. The van der Waals surface area contributed by atoms with Crippen LogP contribution in [0.25, 0.3) is 16.3 Å². The van der Waals surface area contributed by atoms with E-state index in [0.717, 1.165) is 15.2 Å². The number of rotatable bonds is 1. The van der Waals surface area contributed by atoms with Gasteiger partial charge in [0.25, 0.3) is 0 Å². The molecular formula is C14H16NOS-. The maximum atomic E-state index is 11.0. The molecule has 17 heavy (non-hydrogen) atoms. The molecule has 0 amide bonds. The third-order valence-electron chi connectivity index (χ3n) is 2.60. The van der Waals surface area contributed by atoms with Gasteiger partial charge in [0.15, 0.2) is 0 Å². The summed E-state index contributed by atoms with van der Waals surface area (Å²) in [5.74, 6) is 0.0418. The molecule has 0 spiro atoms. The lowest BCUT2D eigenvalue weighted by Crippen LogP contribution is -2.10. The van der Waals surface area contributed by atoms with Gasteiger partial charge in [-0.05, 0) is 29.2 Å². The van der Waals surface area contributed by atoms with Crippen LogP contribution in [0.1, 0.15) is 38.3 Å². The van der Waals surface area contributed by atoms with E-state index in [2.05, 4.69) is 44.0 Å². The second kappa shape index (κ2) is 4.15. The molecule has 0 saturated heterocycles. The largest absolute Gasteiger partial charge is 0.876 e. The van der Waals surface area contributed by atoms with E-state index < -0.39 is 0 Å². The van der Waals surface area contributed by atoms with E-state index in [9.17, 15) is 5.11 Å². The monoisotopic (exact) mass is 246 g/mol. The van der Waals surface area contributed by atoms with E-state index in [-0.39, 0.29) is 11.2 Å². The smallest absolute Gasteiger partial charge is 0.116 e. The summed E-state index contributed by atoms with van der Waals surface area (Å²) in [6, 6.07) is 6.34. The van der Waals surface area contributed by atoms with Crippen LogP contribution in [-0.2, 0) is 5.41 Å². The van der Waals surface area contributed by atoms with E-state index in [1.807, 2.05) is 0 Å². The van der Waals surface area contributed by atoms with Crippen LogP contribution in [0.4, 0.5) is 0 Å². The fourth-order valence-corrected chi connectivity index (χ4v) is 2.59. The molecule has 0 N–H and O–H groups in total. The van der Waals surface area contributed by atoms with E-state index in [1.54, 1.807) is 24.3 Å². The summed E-state index contributed by atoms with van der Waals surface area (Å²) >= 11 is 1.56. The van der Waals surface area contributed by atoms with Crippen molar-refractivity contribution in [2.75, 3.05) is 0 Å². The first-order valence-electron chi connectivity index (χ1n) is 5.62. The van der Waals surface area contributed by atoms with Crippen LogP contribution >= 0.6 is 11.3 Å². The number of nitrogens with zero attached hydrogens (tertiary/aromatic N) is 1. The molecule has 0 saturated carbocycles. The van der Waals surface area contributed by atoms with Crippen molar-refractivity contribution in [1.82, 2.24) is 4.98 Å². The summed E-state index contributed by atoms with van der Waals surface area (Å²) < 4.78 is 1.13. The molecule has 0 radical (unpaired) electrons. The lowest BCUT2D eigenvalue weighted by Gasteiger charge is -2.18. The second-order valence-corrected chi connectivity index (χ2v) is 6.30. The maximum absolute atomic E-state index is 11.0. The summed E-state index contributed by atoms with van der Waals surface area (Å²) in [5, 5.41) is 11.8. The molecule has 2 rings (SSSR count). The topological polar surface area (TPSA) is 36.0 Å². The van der Waals surface area contributed by atoms with Crippen LogP contribution in [0.5, 0.6) is 0 Å². The zero-order valence-corrected chi connectivity index (χ0v) is 11.4. The van der Waals surface area contributed by atoms with Gasteiger partial charge in [-0.3, -0.25) is 0 Å². The van der Waals surface area contributed by atoms with Crippen LogP contribution in [0, 0.1) is 0 Å². The number of allylic oxidation sites excluding steroid dienone is 1. The van der Waals surface area contributed by atoms with Gasteiger partial charge >= 0.3 is 0 Å². The van der Waals surface area contributed by atoms with Crippen LogP contribution in [-0.4, -0.2) is 4.98 Å². The molecule has 0 aliphatic carbocycles. The Labute approximate surface area is 106 Å². The van der Waals surface area contributed by atoms with Crippen molar-refractivity contribution in [2.24, 2.45) is 0 Å². The van der Waals surface area contributed by atoms with Crippen molar-refractivity contribution in [2.45, 2.75) is 33.1 Å². The molecule has 0 aliphatic rings. The van der Waals surface area contributed by atoms with Gasteiger partial charge in [-0.2, -0.15) is 0 Å². The molecule has 0 atom stereocenters. The van der Waals surface area contributed by atoms with Crippen molar-refractivity contribution < 1.29 is 5.11 Å². The van der Waals surface area contributed by atoms with Gasteiger partial charge in [-0.1, -0.05) is 33.8 Å². The molecular weight excluding hydrogens is 230 g/mol. The minimum atomic E-state index is 0.0418. The van der Waals surface area contributed by atoms with Gasteiger partial charge in [0.05, 0.1) is 10.2 Å². The second-order valence-electron chi connectivity index (χ2n) is 5.24. The van der Waals surface area contributed by atoms with Crippen LogP contribution in [0.2, 0.25) is 0 Å². The minimum absolute atomic E-state index is 0.0418. The van der Waals surface area contributed by atoms with E-state index in [4.69, 9.17) is 0 Å². The Balaban J connectivity index is 2.52. The van der Waals surface area contributed by atoms with Crippen molar-refractivity contribution in [3.05, 3.63) is 34.5 Å². The average molecular weight is 246 g/mol. The number of fused-ring (bicyclic) bond motifs is 1. The highest BCUT2D eigenvalue weighted by Crippen LogP contribution is 2.29. The number of hydrogen-bond donors (Lipinski definition) is 0. The Hall–Kier alpha value is -1.35. The standard InChI is InChI=1S/C14H17NOS/c1-9(16)7-13-15-11-8-10(14(2,3)4)5-6-12(11)17-13/h5-8,16H,1-4H3/p-1/b9-7-. The number of aromatic nitrogens is 1. The zero-order valence-electron chi connectivity index (χ0n) is 10.6.